The molecule has 0 atom stereocenters. The molecular formula is C16H13BrN2O3S. The van der Waals surface area contributed by atoms with Crippen LogP contribution in [0.3, 0.4) is 0 Å². The van der Waals surface area contributed by atoms with Crippen molar-refractivity contribution in [2.45, 2.75) is 18.1 Å². The van der Waals surface area contributed by atoms with E-state index in [1.54, 1.807) is 18.4 Å². The summed E-state index contributed by atoms with van der Waals surface area (Å²) >= 11 is 4.79. The molecular weight excluding hydrogens is 380 g/mol. The highest BCUT2D eigenvalue weighted by Gasteiger charge is 2.11. The van der Waals surface area contributed by atoms with Crippen LogP contribution in [0.1, 0.15) is 23.2 Å². The van der Waals surface area contributed by atoms with Crippen LogP contribution >= 0.6 is 27.7 Å². The van der Waals surface area contributed by atoms with E-state index in [2.05, 4.69) is 26.1 Å². The summed E-state index contributed by atoms with van der Waals surface area (Å²) in [5.41, 5.74) is 0.732. The lowest BCUT2D eigenvalue weighted by Gasteiger charge is -2.00. The van der Waals surface area contributed by atoms with Crippen LogP contribution in [0.4, 0.5) is 0 Å². The zero-order valence-electron chi connectivity index (χ0n) is 12.1. The lowest BCUT2D eigenvalue weighted by Crippen LogP contribution is -1.99. The molecule has 0 fully saturated rings. The average Bonchev–Trinajstić information content (AvgIpc) is 3.23. The van der Waals surface area contributed by atoms with Gasteiger partial charge in [0.2, 0.25) is 0 Å². The Kier molecular flexibility index (Phi) is 5.30. The first-order valence-corrected chi connectivity index (χ1v) is 8.79. The zero-order valence-corrected chi connectivity index (χ0v) is 14.5. The third kappa shape index (κ3) is 4.33. The molecule has 0 aliphatic carbocycles. The van der Waals surface area contributed by atoms with Crippen LogP contribution in [0, 0.1) is 0 Å². The van der Waals surface area contributed by atoms with E-state index in [-0.39, 0.29) is 5.78 Å². The van der Waals surface area contributed by atoms with E-state index in [4.69, 9.17) is 8.83 Å². The van der Waals surface area contributed by atoms with Crippen molar-refractivity contribution < 1.29 is 13.6 Å². The molecule has 2 aromatic heterocycles. The van der Waals surface area contributed by atoms with E-state index in [0.717, 1.165) is 22.2 Å². The van der Waals surface area contributed by atoms with Crippen molar-refractivity contribution in [2.75, 3.05) is 5.75 Å². The lowest BCUT2D eigenvalue weighted by molar-refractivity contribution is 0.0982. The summed E-state index contributed by atoms with van der Waals surface area (Å²) in [6.07, 6.45) is 2.80. The van der Waals surface area contributed by atoms with E-state index in [0.29, 0.717) is 23.3 Å². The van der Waals surface area contributed by atoms with Crippen molar-refractivity contribution in [3.05, 3.63) is 52.7 Å². The van der Waals surface area contributed by atoms with Gasteiger partial charge < -0.3 is 8.83 Å². The molecule has 0 aliphatic rings. The number of carbonyl (C=O) groups excluding carboxylic acids is 1. The normalized spacial score (nSPS) is 10.8. The highest BCUT2D eigenvalue weighted by Crippen LogP contribution is 2.24. The van der Waals surface area contributed by atoms with Gasteiger partial charge in [-0.3, -0.25) is 4.79 Å². The number of furan rings is 1. The summed E-state index contributed by atoms with van der Waals surface area (Å²) in [4.78, 5) is 12.0. The van der Waals surface area contributed by atoms with Crippen molar-refractivity contribution in [1.29, 1.82) is 0 Å². The molecule has 0 bridgehead atoms. The standard InChI is InChI=1S/C16H13BrN2O3S/c17-12-7-5-11(6-8-12)13(20)3-2-10-23-16-19-18-15(22-16)14-4-1-9-21-14/h1,4-9H,2-3,10H2. The first-order chi connectivity index (χ1) is 11.2. The van der Waals surface area contributed by atoms with Gasteiger partial charge in [-0.1, -0.05) is 39.8 Å². The second-order valence-corrected chi connectivity index (χ2v) is 6.69. The molecule has 118 valence electrons. The van der Waals surface area contributed by atoms with Gasteiger partial charge in [0, 0.05) is 22.2 Å². The van der Waals surface area contributed by atoms with Gasteiger partial charge in [0.15, 0.2) is 11.5 Å². The summed E-state index contributed by atoms with van der Waals surface area (Å²) in [7, 11) is 0. The Bertz CT molecular complexity index is 769. The largest absolute Gasteiger partial charge is 0.459 e. The van der Waals surface area contributed by atoms with E-state index in [9.17, 15) is 4.79 Å². The molecule has 0 spiro atoms. The van der Waals surface area contributed by atoms with Crippen LogP contribution in [-0.2, 0) is 0 Å². The maximum absolute atomic E-state index is 12.0. The van der Waals surface area contributed by atoms with Gasteiger partial charge in [-0.05, 0) is 30.7 Å². The summed E-state index contributed by atoms with van der Waals surface area (Å²) in [5.74, 6) is 1.79. The number of nitrogens with zero attached hydrogens (tertiary/aromatic N) is 2. The third-order valence-electron chi connectivity index (χ3n) is 3.08. The minimum Gasteiger partial charge on any atom is -0.459 e. The van der Waals surface area contributed by atoms with E-state index < -0.39 is 0 Å². The summed E-state index contributed by atoms with van der Waals surface area (Å²) in [6.45, 7) is 0. The van der Waals surface area contributed by atoms with Crippen molar-refractivity contribution in [1.82, 2.24) is 10.2 Å². The van der Waals surface area contributed by atoms with Crippen molar-refractivity contribution in [3.63, 3.8) is 0 Å². The fourth-order valence-electron chi connectivity index (χ4n) is 1.94. The number of hydrogen-bond acceptors (Lipinski definition) is 6. The molecule has 0 N–H and O–H groups in total. The number of rotatable bonds is 7. The minimum absolute atomic E-state index is 0.139. The summed E-state index contributed by atoms with van der Waals surface area (Å²) in [5, 5.41) is 8.36. The lowest BCUT2D eigenvalue weighted by atomic mass is 10.1. The SMILES string of the molecule is O=C(CCCSc1nnc(-c2ccco2)o1)c1ccc(Br)cc1. The van der Waals surface area contributed by atoms with Gasteiger partial charge in [0.1, 0.15) is 0 Å². The Morgan fingerprint density at radius 3 is 2.74 bits per heavy atom. The Hall–Kier alpha value is -1.86. The fourth-order valence-corrected chi connectivity index (χ4v) is 2.90. The van der Waals surface area contributed by atoms with Gasteiger partial charge in [-0.15, -0.1) is 10.2 Å². The highest BCUT2D eigenvalue weighted by molar-refractivity contribution is 9.10. The first kappa shape index (κ1) is 16.0. The van der Waals surface area contributed by atoms with Gasteiger partial charge >= 0.3 is 0 Å². The predicted octanol–water partition coefficient (Wildman–Crippen LogP) is 4.85. The molecule has 1 aromatic carbocycles. The van der Waals surface area contributed by atoms with Gasteiger partial charge in [-0.2, -0.15) is 0 Å². The molecule has 2 heterocycles. The van der Waals surface area contributed by atoms with E-state index in [1.165, 1.54) is 11.8 Å². The van der Waals surface area contributed by atoms with Crippen LogP contribution in [0.25, 0.3) is 11.7 Å². The molecule has 0 saturated carbocycles. The number of hydrogen-bond donors (Lipinski definition) is 0. The van der Waals surface area contributed by atoms with E-state index >= 15 is 0 Å². The Balaban J connectivity index is 1.45. The van der Waals surface area contributed by atoms with E-state index in [1.807, 2.05) is 24.3 Å². The van der Waals surface area contributed by atoms with Crippen LogP contribution in [0.15, 0.2) is 61.2 Å². The predicted molar refractivity (Wildman–Crippen MR) is 90.4 cm³/mol. The molecule has 3 rings (SSSR count). The Labute approximate surface area is 145 Å². The second-order valence-electron chi connectivity index (χ2n) is 4.73. The quantitative estimate of drug-likeness (QED) is 0.325. The van der Waals surface area contributed by atoms with Crippen molar-refractivity contribution in [2.24, 2.45) is 0 Å². The maximum atomic E-state index is 12.0. The average molecular weight is 393 g/mol. The monoisotopic (exact) mass is 392 g/mol. The van der Waals surface area contributed by atoms with Crippen LogP contribution in [0.5, 0.6) is 0 Å². The number of ketones is 1. The van der Waals surface area contributed by atoms with Crippen LogP contribution < -0.4 is 0 Å². The molecule has 3 aromatic rings. The Morgan fingerprint density at radius 2 is 2.00 bits per heavy atom. The molecule has 0 aliphatic heterocycles. The Morgan fingerprint density at radius 1 is 1.17 bits per heavy atom. The summed E-state index contributed by atoms with van der Waals surface area (Å²) < 4.78 is 11.6. The topological polar surface area (TPSA) is 69.1 Å². The van der Waals surface area contributed by atoms with Gasteiger partial charge in [0.05, 0.1) is 6.26 Å². The molecule has 7 heteroatoms. The van der Waals surface area contributed by atoms with Crippen molar-refractivity contribution >= 4 is 33.5 Å². The molecule has 23 heavy (non-hydrogen) atoms. The third-order valence-corrected chi connectivity index (χ3v) is 4.51. The second kappa shape index (κ2) is 7.61. The number of Topliss-reactive ketones (excluding diaryl/α,β-unsaturated/α-hetero) is 1. The fraction of sp³-hybridized carbons (Fsp3) is 0.188. The number of halogens is 1. The molecule has 0 amide bonds. The number of aromatic nitrogens is 2. The van der Waals surface area contributed by atoms with Gasteiger partial charge in [-0.25, -0.2) is 0 Å². The van der Waals surface area contributed by atoms with Gasteiger partial charge in [0.25, 0.3) is 11.1 Å². The molecule has 0 unspecified atom stereocenters. The highest BCUT2D eigenvalue weighted by atomic mass is 79.9. The smallest absolute Gasteiger partial charge is 0.284 e. The summed E-state index contributed by atoms with van der Waals surface area (Å²) in [6, 6.07) is 10.9. The maximum Gasteiger partial charge on any atom is 0.284 e. The number of thioether (sulfide) groups is 1. The molecule has 0 saturated heterocycles. The van der Waals surface area contributed by atoms with Crippen LogP contribution in [-0.4, -0.2) is 21.7 Å². The first-order valence-electron chi connectivity index (χ1n) is 7.01. The van der Waals surface area contributed by atoms with Crippen molar-refractivity contribution in [3.8, 4) is 11.7 Å². The zero-order chi connectivity index (χ0) is 16.1. The number of carbonyl (C=O) groups is 1. The minimum atomic E-state index is 0.139. The number of benzene rings is 1. The van der Waals surface area contributed by atoms with Crippen LogP contribution in [0.2, 0.25) is 0 Å². The molecule has 0 radical (unpaired) electrons. The molecule has 5 nitrogen and oxygen atoms in total.